The Labute approximate surface area is 130 Å². The van der Waals surface area contributed by atoms with Gasteiger partial charge in [0.1, 0.15) is 22.8 Å². The van der Waals surface area contributed by atoms with Gasteiger partial charge in [-0.15, -0.1) is 0 Å². The third-order valence-corrected chi connectivity index (χ3v) is 3.20. The van der Waals surface area contributed by atoms with E-state index in [1.54, 1.807) is 0 Å². The van der Waals surface area contributed by atoms with Crippen molar-refractivity contribution in [2.75, 3.05) is 7.11 Å². The summed E-state index contributed by atoms with van der Waals surface area (Å²) in [5.74, 6) is -3.26. The highest BCUT2D eigenvalue weighted by molar-refractivity contribution is 6.17. The standard InChI is InChI=1S/C16H12O7/c1-23-12-6-8(16(21)22)5-9(7-17)13(12)15(20)14-10(18)3-2-4-11(14)19/h2-7,18-19H,1H3,(H,21,22). The van der Waals surface area contributed by atoms with E-state index in [1.807, 2.05) is 0 Å². The Morgan fingerprint density at radius 1 is 1.09 bits per heavy atom. The molecule has 0 amide bonds. The van der Waals surface area contributed by atoms with Crippen LogP contribution in [0.1, 0.15) is 36.6 Å². The summed E-state index contributed by atoms with van der Waals surface area (Å²) in [4.78, 5) is 34.9. The number of phenols is 2. The highest BCUT2D eigenvalue weighted by Gasteiger charge is 2.25. The zero-order valence-corrected chi connectivity index (χ0v) is 11.9. The lowest BCUT2D eigenvalue weighted by Gasteiger charge is -2.13. The van der Waals surface area contributed by atoms with E-state index >= 15 is 0 Å². The molecule has 3 N–H and O–H groups in total. The van der Waals surface area contributed by atoms with Gasteiger partial charge in [0.25, 0.3) is 0 Å². The van der Waals surface area contributed by atoms with Crippen molar-refractivity contribution in [3.63, 3.8) is 0 Å². The van der Waals surface area contributed by atoms with Crippen LogP contribution in [-0.2, 0) is 0 Å². The number of carboxylic acid groups (broad SMARTS) is 1. The fourth-order valence-corrected chi connectivity index (χ4v) is 2.14. The molecular weight excluding hydrogens is 304 g/mol. The Bertz CT molecular complexity index is 788. The Hall–Kier alpha value is -3.35. The number of hydrogen-bond acceptors (Lipinski definition) is 6. The fourth-order valence-electron chi connectivity index (χ4n) is 2.14. The van der Waals surface area contributed by atoms with Gasteiger partial charge in [-0.05, 0) is 24.3 Å². The molecule has 0 bridgehead atoms. The lowest BCUT2D eigenvalue weighted by atomic mass is 9.94. The van der Waals surface area contributed by atoms with E-state index in [9.17, 15) is 24.6 Å². The van der Waals surface area contributed by atoms with E-state index in [4.69, 9.17) is 9.84 Å². The Balaban J connectivity index is 2.74. The average Bonchev–Trinajstić information content (AvgIpc) is 2.52. The molecule has 0 spiro atoms. The minimum absolute atomic E-state index is 0.153. The molecule has 0 radical (unpaired) electrons. The van der Waals surface area contributed by atoms with Gasteiger partial charge in [0.2, 0.25) is 5.78 Å². The molecule has 0 aliphatic heterocycles. The number of aromatic hydroxyl groups is 2. The van der Waals surface area contributed by atoms with Gasteiger partial charge in [-0.1, -0.05) is 6.07 Å². The van der Waals surface area contributed by atoms with Gasteiger partial charge in [-0.25, -0.2) is 4.79 Å². The largest absolute Gasteiger partial charge is 0.507 e. The Kier molecular flexibility index (Phi) is 4.31. The van der Waals surface area contributed by atoms with Crippen molar-refractivity contribution in [1.82, 2.24) is 0 Å². The van der Waals surface area contributed by atoms with E-state index in [2.05, 4.69) is 0 Å². The lowest BCUT2D eigenvalue weighted by Crippen LogP contribution is -2.10. The first-order valence-electron chi connectivity index (χ1n) is 6.36. The Morgan fingerprint density at radius 3 is 2.17 bits per heavy atom. The SMILES string of the molecule is COc1cc(C(=O)O)cc(C=O)c1C(=O)c1c(O)cccc1O. The number of carbonyl (C=O) groups is 3. The highest BCUT2D eigenvalue weighted by atomic mass is 16.5. The maximum Gasteiger partial charge on any atom is 0.335 e. The molecule has 0 fully saturated rings. The lowest BCUT2D eigenvalue weighted by molar-refractivity contribution is 0.0696. The number of aromatic carboxylic acids is 1. The van der Waals surface area contributed by atoms with Gasteiger partial charge in [-0.2, -0.15) is 0 Å². The number of aldehydes is 1. The molecule has 0 aliphatic carbocycles. The van der Waals surface area contributed by atoms with Crippen LogP contribution in [0.4, 0.5) is 0 Å². The first-order chi connectivity index (χ1) is 10.9. The molecule has 23 heavy (non-hydrogen) atoms. The molecule has 0 aromatic heterocycles. The topological polar surface area (TPSA) is 121 Å². The van der Waals surface area contributed by atoms with Gasteiger partial charge in [0, 0.05) is 5.56 Å². The van der Waals surface area contributed by atoms with Crippen LogP contribution in [0.25, 0.3) is 0 Å². The van der Waals surface area contributed by atoms with Crippen LogP contribution < -0.4 is 4.74 Å². The summed E-state index contributed by atoms with van der Waals surface area (Å²) in [5.41, 5.74) is -1.11. The molecule has 0 unspecified atom stereocenters. The predicted octanol–water partition coefficient (Wildman–Crippen LogP) is 1.85. The number of rotatable bonds is 5. The molecule has 7 nitrogen and oxygen atoms in total. The molecule has 0 saturated carbocycles. The van der Waals surface area contributed by atoms with Gasteiger partial charge in [-0.3, -0.25) is 9.59 Å². The summed E-state index contributed by atoms with van der Waals surface area (Å²) < 4.78 is 4.99. The van der Waals surface area contributed by atoms with Crippen molar-refractivity contribution in [2.45, 2.75) is 0 Å². The average molecular weight is 316 g/mol. The van der Waals surface area contributed by atoms with Crippen LogP contribution in [0.5, 0.6) is 17.2 Å². The molecule has 2 aromatic carbocycles. The van der Waals surface area contributed by atoms with Crippen LogP contribution in [0.15, 0.2) is 30.3 Å². The fraction of sp³-hybridized carbons (Fsp3) is 0.0625. The minimum Gasteiger partial charge on any atom is -0.507 e. The van der Waals surface area contributed by atoms with Gasteiger partial charge in [0.05, 0.1) is 18.2 Å². The van der Waals surface area contributed by atoms with E-state index in [0.717, 1.165) is 12.1 Å². The molecule has 2 aromatic rings. The number of phenolic OH excluding ortho intramolecular Hbond substituents is 2. The van der Waals surface area contributed by atoms with Crippen molar-refractivity contribution >= 4 is 18.0 Å². The third kappa shape index (κ3) is 2.84. The van der Waals surface area contributed by atoms with E-state index in [-0.39, 0.29) is 22.4 Å². The normalized spacial score (nSPS) is 10.1. The summed E-state index contributed by atoms with van der Waals surface area (Å²) in [5, 5.41) is 28.6. The summed E-state index contributed by atoms with van der Waals surface area (Å²) in [6.07, 6.45) is 0.305. The first-order valence-corrected chi connectivity index (χ1v) is 6.36. The van der Waals surface area contributed by atoms with Crippen molar-refractivity contribution in [3.05, 3.63) is 52.6 Å². The van der Waals surface area contributed by atoms with Crippen molar-refractivity contribution < 1.29 is 34.4 Å². The van der Waals surface area contributed by atoms with E-state index in [1.165, 1.54) is 25.3 Å². The van der Waals surface area contributed by atoms with Crippen LogP contribution in [0, 0.1) is 0 Å². The second-order valence-electron chi connectivity index (χ2n) is 4.57. The zero-order valence-electron chi connectivity index (χ0n) is 11.9. The number of ketones is 1. The second kappa shape index (κ2) is 6.18. The molecule has 0 atom stereocenters. The quantitative estimate of drug-likeness (QED) is 0.568. The predicted molar refractivity (Wildman–Crippen MR) is 78.5 cm³/mol. The monoisotopic (exact) mass is 316 g/mol. The zero-order chi connectivity index (χ0) is 17.1. The maximum absolute atomic E-state index is 12.6. The summed E-state index contributed by atoms with van der Waals surface area (Å²) >= 11 is 0. The van der Waals surface area contributed by atoms with E-state index in [0.29, 0.717) is 6.29 Å². The second-order valence-corrected chi connectivity index (χ2v) is 4.57. The number of hydrogen-bond donors (Lipinski definition) is 3. The Morgan fingerprint density at radius 2 is 1.70 bits per heavy atom. The van der Waals surface area contributed by atoms with Crippen molar-refractivity contribution in [1.29, 1.82) is 0 Å². The van der Waals surface area contributed by atoms with Crippen LogP contribution in [0.2, 0.25) is 0 Å². The first kappa shape index (κ1) is 16.0. The summed E-state index contributed by atoms with van der Waals surface area (Å²) in [6, 6.07) is 5.84. The molecule has 7 heteroatoms. The molecule has 2 rings (SSSR count). The molecule has 0 heterocycles. The number of carboxylic acids is 1. The van der Waals surface area contributed by atoms with Crippen LogP contribution in [0.3, 0.4) is 0 Å². The van der Waals surface area contributed by atoms with Gasteiger partial charge in [0.15, 0.2) is 6.29 Å². The number of carbonyl (C=O) groups excluding carboxylic acids is 2. The van der Waals surface area contributed by atoms with Gasteiger partial charge < -0.3 is 20.1 Å². The van der Waals surface area contributed by atoms with Crippen molar-refractivity contribution in [3.8, 4) is 17.2 Å². The minimum atomic E-state index is -1.30. The number of benzene rings is 2. The summed E-state index contributed by atoms with van der Waals surface area (Å²) in [7, 11) is 1.21. The van der Waals surface area contributed by atoms with Crippen molar-refractivity contribution in [2.24, 2.45) is 0 Å². The molecular formula is C16H12O7. The smallest absolute Gasteiger partial charge is 0.335 e. The molecule has 0 saturated heterocycles. The maximum atomic E-state index is 12.6. The van der Waals surface area contributed by atoms with Crippen LogP contribution in [-0.4, -0.2) is 40.5 Å². The van der Waals surface area contributed by atoms with Gasteiger partial charge >= 0.3 is 5.97 Å². The summed E-state index contributed by atoms with van der Waals surface area (Å²) in [6.45, 7) is 0. The number of ether oxygens (including phenoxy) is 1. The van der Waals surface area contributed by atoms with E-state index < -0.39 is 28.8 Å². The molecule has 118 valence electrons. The molecule has 0 aliphatic rings. The van der Waals surface area contributed by atoms with Crippen LogP contribution >= 0.6 is 0 Å². The third-order valence-electron chi connectivity index (χ3n) is 3.20. The number of methoxy groups -OCH3 is 1. The highest BCUT2D eigenvalue weighted by Crippen LogP contribution is 2.33.